The van der Waals surface area contributed by atoms with Crippen molar-refractivity contribution >= 4 is 51.3 Å². The third-order valence-electron chi connectivity index (χ3n) is 5.45. The fourth-order valence-electron chi connectivity index (χ4n) is 4.17. The van der Waals surface area contributed by atoms with E-state index in [0.29, 0.717) is 12.6 Å². The standard InChI is InChI=1S/C17H28N4O2S2.HI/c1-19-17(20-11-15-8-9-16(24-15)25(18,22)23)21-14-7-6-12-4-2-3-5-13(12)10-14;/h8-9,12-14H,2-7,10-11H2,1H3,(H2,18,22,23)(H2,19,20,21);1H. The normalized spacial score (nSPS) is 26.5. The summed E-state index contributed by atoms with van der Waals surface area (Å²) >= 11 is 1.20. The van der Waals surface area contributed by atoms with Gasteiger partial charge in [-0.3, -0.25) is 4.99 Å². The van der Waals surface area contributed by atoms with Crippen LogP contribution >= 0.6 is 35.3 Å². The number of nitrogens with two attached hydrogens (primary N) is 1. The molecule has 3 atom stereocenters. The van der Waals surface area contributed by atoms with Crippen molar-refractivity contribution in [3.8, 4) is 0 Å². The van der Waals surface area contributed by atoms with Crippen molar-refractivity contribution in [1.29, 1.82) is 0 Å². The molecule has 26 heavy (non-hydrogen) atoms. The lowest BCUT2D eigenvalue weighted by Gasteiger charge is -2.39. The molecule has 2 fully saturated rings. The number of nitrogens with one attached hydrogen (secondary N) is 2. The molecule has 3 unspecified atom stereocenters. The second-order valence-electron chi connectivity index (χ2n) is 7.15. The molecule has 0 saturated heterocycles. The molecule has 0 aromatic carbocycles. The molecular formula is C17H29IN4O2S2. The first-order valence-electron chi connectivity index (χ1n) is 9.04. The average molecular weight is 512 g/mol. The average Bonchev–Trinajstić information content (AvgIpc) is 3.08. The molecule has 6 nitrogen and oxygen atoms in total. The number of guanidine groups is 1. The summed E-state index contributed by atoms with van der Waals surface area (Å²) in [5, 5.41) is 12.0. The van der Waals surface area contributed by atoms with E-state index in [2.05, 4.69) is 15.6 Å². The predicted molar refractivity (Wildman–Crippen MR) is 118 cm³/mol. The Morgan fingerprint density at radius 1 is 1.23 bits per heavy atom. The summed E-state index contributed by atoms with van der Waals surface area (Å²) in [7, 11) is -1.85. The molecule has 0 aliphatic heterocycles. The molecule has 148 valence electrons. The highest BCUT2D eigenvalue weighted by molar-refractivity contribution is 14.0. The zero-order chi connectivity index (χ0) is 17.9. The molecule has 1 heterocycles. The van der Waals surface area contributed by atoms with Gasteiger partial charge in [0, 0.05) is 18.0 Å². The van der Waals surface area contributed by atoms with E-state index in [1.165, 1.54) is 56.3 Å². The Bertz CT molecular complexity index is 720. The Morgan fingerprint density at radius 3 is 2.62 bits per heavy atom. The van der Waals surface area contributed by atoms with Gasteiger partial charge in [0.1, 0.15) is 4.21 Å². The first-order chi connectivity index (χ1) is 12.0. The second kappa shape index (κ2) is 9.70. The molecule has 1 aromatic heterocycles. The largest absolute Gasteiger partial charge is 0.354 e. The SMILES string of the molecule is CN=C(NCc1ccc(S(N)(=O)=O)s1)NC1CCC2CCCCC2C1.I. The number of halogens is 1. The first-order valence-corrected chi connectivity index (χ1v) is 11.4. The van der Waals surface area contributed by atoms with Crippen LogP contribution in [0, 0.1) is 11.8 Å². The van der Waals surface area contributed by atoms with E-state index in [9.17, 15) is 8.42 Å². The third-order valence-corrected chi connectivity index (χ3v) is 7.98. The number of primary sulfonamides is 1. The van der Waals surface area contributed by atoms with E-state index in [0.717, 1.165) is 22.7 Å². The minimum Gasteiger partial charge on any atom is -0.354 e. The maximum absolute atomic E-state index is 11.4. The van der Waals surface area contributed by atoms with Crippen molar-refractivity contribution in [1.82, 2.24) is 10.6 Å². The minimum atomic E-state index is -3.62. The van der Waals surface area contributed by atoms with Gasteiger partial charge in [-0.25, -0.2) is 13.6 Å². The zero-order valence-corrected chi connectivity index (χ0v) is 19.1. The number of thiophene rings is 1. The van der Waals surface area contributed by atoms with Gasteiger partial charge in [0.2, 0.25) is 10.0 Å². The number of nitrogens with zero attached hydrogens (tertiary/aromatic N) is 1. The lowest BCUT2D eigenvalue weighted by Crippen LogP contribution is -2.46. The summed E-state index contributed by atoms with van der Waals surface area (Å²) in [5.74, 6) is 2.59. The Morgan fingerprint density at radius 2 is 1.96 bits per heavy atom. The van der Waals surface area contributed by atoms with E-state index in [1.54, 1.807) is 19.2 Å². The van der Waals surface area contributed by atoms with Crippen molar-refractivity contribution in [3.05, 3.63) is 17.0 Å². The number of aliphatic imine (C=N–C) groups is 1. The van der Waals surface area contributed by atoms with Crippen LogP contribution in [0.4, 0.5) is 0 Å². The molecule has 0 radical (unpaired) electrons. The number of hydrogen-bond acceptors (Lipinski definition) is 4. The van der Waals surface area contributed by atoms with Gasteiger partial charge in [0.25, 0.3) is 0 Å². The van der Waals surface area contributed by atoms with E-state index < -0.39 is 10.0 Å². The van der Waals surface area contributed by atoms with Gasteiger partial charge < -0.3 is 10.6 Å². The first kappa shape index (κ1) is 21.9. The molecule has 0 bridgehead atoms. The Balaban J connectivity index is 0.00000243. The molecule has 2 aliphatic rings. The van der Waals surface area contributed by atoms with Gasteiger partial charge in [0.15, 0.2) is 5.96 Å². The van der Waals surface area contributed by atoms with Gasteiger partial charge in [0.05, 0.1) is 6.54 Å². The topological polar surface area (TPSA) is 96.6 Å². The highest BCUT2D eigenvalue weighted by Crippen LogP contribution is 2.40. The third kappa shape index (κ3) is 5.80. The van der Waals surface area contributed by atoms with E-state index in [4.69, 9.17) is 5.14 Å². The Labute approximate surface area is 177 Å². The summed E-state index contributed by atoms with van der Waals surface area (Å²) in [5.41, 5.74) is 0. The van der Waals surface area contributed by atoms with E-state index in [1.807, 2.05) is 0 Å². The quantitative estimate of drug-likeness (QED) is 0.328. The zero-order valence-electron chi connectivity index (χ0n) is 15.1. The summed E-state index contributed by atoms with van der Waals surface area (Å²) in [6.45, 7) is 0.540. The molecule has 1 aromatic rings. The maximum atomic E-state index is 11.4. The number of fused-ring (bicyclic) bond motifs is 1. The van der Waals surface area contributed by atoms with Crippen LogP contribution in [0.1, 0.15) is 49.8 Å². The van der Waals surface area contributed by atoms with Gasteiger partial charge in [-0.2, -0.15) is 0 Å². The van der Waals surface area contributed by atoms with Crippen molar-refractivity contribution < 1.29 is 8.42 Å². The molecule has 3 rings (SSSR count). The van der Waals surface area contributed by atoms with Crippen LogP contribution in [-0.2, 0) is 16.6 Å². The summed E-state index contributed by atoms with van der Waals surface area (Å²) in [6, 6.07) is 3.82. The molecule has 0 amide bonds. The predicted octanol–water partition coefficient (Wildman–Crippen LogP) is 3.04. The van der Waals surface area contributed by atoms with Crippen LogP contribution in [0.2, 0.25) is 0 Å². The molecular weight excluding hydrogens is 483 g/mol. The Kier molecular flexibility index (Phi) is 8.17. The summed E-state index contributed by atoms with van der Waals surface area (Å²) < 4.78 is 22.9. The summed E-state index contributed by atoms with van der Waals surface area (Å²) in [6.07, 6.45) is 9.34. The van der Waals surface area contributed by atoms with E-state index >= 15 is 0 Å². The van der Waals surface area contributed by atoms with E-state index in [-0.39, 0.29) is 28.2 Å². The molecule has 0 spiro atoms. The Hall–Kier alpha value is -0.390. The van der Waals surface area contributed by atoms with Gasteiger partial charge in [-0.1, -0.05) is 25.7 Å². The van der Waals surface area contributed by atoms with Crippen molar-refractivity contribution in [2.75, 3.05) is 7.05 Å². The fourth-order valence-corrected chi connectivity index (χ4v) is 5.89. The minimum absolute atomic E-state index is 0. The fraction of sp³-hybridized carbons (Fsp3) is 0.706. The highest BCUT2D eigenvalue weighted by atomic mass is 127. The molecule has 2 saturated carbocycles. The van der Waals surface area contributed by atoms with Crippen molar-refractivity contribution in [2.45, 2.75) is 61.7 Å². The van der Waals surface area contributed by atoms with Crippen molar-refractivity contribution in [3.63, 3.8) is 0 Å². The van der Waals surface area contributed by atoms with Crippen LogP contribution in [0.3, 0.4) is 0 Å². The molecule has 2 aliphatic carbocycles. The number of rotatable bonds is 4. The second-order valence-corrected chi connectivity index (χ2v) is 10.1. The van der Waals surface area contributed by atoms with Gasteiger partial charge >= 0.3 is 0 Å². The smallest absolute Gasteiger partial charge is 0.247 e. The van der Waals surface area contributed by atoms with Gasteiger partial charge in [-0.15, -0.1) is 35.3 Å². The molecule has 4 N–H and O–H groups in total. The van der Waals surface area contributed by atoms with Gasteiger partial charge in [-0.05, 0) is 43.2 Å². The highest BCUT2D eigenvalue weighted by Gasteiger charge is 2.32. The van der Waals surface area contributed by atoms with Crippen LogP contribution < -0.4 is 15.8 Å². The van der Waals surface area contributed by atoms with Crippen molar-refractivity contribution in [2.24, 2.45) is 22.0 Å². The number of sulfonamides is 1. The van der Waals surface area contributed by atoms with Crippen LogP contribution in [0.25, 0.3) is 0 Å². The van der Waals surface area contributed by atoms with Crippen LogP contribution in [0.15, 0.2) is 21.3 Å². The summed E-state index contributed by atoms with van der Waals surface area (Å²) in [4.78, 5) is 5.23. The van der Waals surface area contributed by atoms with Crippen LogP contribution in [0.5, 0.6) is 0 Å². The monoisotopic (exact) mass is 512 g/mol. The van der Waals surface area contributed by atoms with Crippen LogP contribution in [-0.4, -0.2) is 27.5 Å². The lowest BCUT2D eigenvalue weighted by molar-refractivity contribution is 0.150. The lowest BCUT2D eigenvalue weighted by atomic mass is 9.69. The number of hydrogen-bond donors (Lipinski definition) is 3. The molecule has 9 heteroatoms. The maximum Gasteiger partial charge on any atom is 0.247 e.